The van der Waals surface area contributed by atoms with E-state index in [1.54, 1.807) is 19.2 Å². The first kappa shape index (κ1) is 14.4. The third-order valence-electron chi connectivity index (χ3n) is 4.17. The molecule has 22 heavy (non-hydrogen) atoms. The lowest BCUT2D eigenvalue weighted by Crippen LogP contribution is -2.46. The van der Waals surface area contributed by atoms with Crippen LogP contribution in [0.2, 0.25) is 0 Å². The summed E-state index contributed by atoms with van der Waals surface area (Å²) in [6.45, 7) is 0. The largest absolute Gasteiger partial charge is 0.496 e. The van der Waals surface area contributed by atoms with E-state index in [9.17, 15) is 9.59 Å². The third-order valence-corrected chi connectivity index (χ3v) is 4.17. The number of rotatable bonds is 4. The van der Waals surface area contributed by atoms with Crippen LogP contribution in [0.1, 0.15) is 23.2 Å². The van der Waals surface area contributed by atoms with Crippen LogP contribution in [0.3, 0.4) is 0 Å². The molecule has 0 spiro atoms. The average Bonchev–Trinajstić information content (AvgIpc) is 2.48. The van der Waals surface area contributed by atoms with Gasteiger partial charge in [0.05, 0.1) is 13.0 Å². The molecule has 1 aliphatic rings. The number of aliphatic carboxylic acids is 1. The summed E-state index contributed by atoms with van der Waals surface area (Å²) in [7, 11) is 1.60. The second-order valence-electron chi connectivity index (χ2n) is 5.54. The SMILES string of the molecule is COc1ccc(C(=O)NC2CC(C(=O)O)C2)c2ccccc12. The molecule has 2 aromatic carbocycles. The maximum Gasteiger partial charge on any atom is 0.306 e. The first-order valence-corrected chi connectivity index (χ1v) is 7.19. The molecule has 0 heterocycles. The van der Waals surface area contributed by atoms with Crippen LogP contribution in [0.25, 0.3) is 10.8 Å². The van der Waals surface area contributed by atoms with Gasteiger partial charge in [-0.2, -0.15) is 0 Å². The van der Waals surface area contributed by atoms with E-state index < -0.39 is 5.97 Å². The minimum atomic E-state index is -0.791. The molecule has 2 aromatic rings. The van der Waals surface area contributed by atoms with E-state index in [2.05, 4.69) is 5.32 Å². The summed E-state index contributed by atoms with van der Waals surface area (Å²) in [5.41, 5.74) is 0.579. The molecule has 0 radical (unpaired) electrons. The summed E-state index contributed by atoms with van der Waals surface area (Å²) in [5.74, 6) is -0.576. The zero-order valence-electron chi connectivity index (χ0n) is 12.2. The van der Waals surface area contributed by atoms with E-state index in [1.165, 1.54) is 0 Å². The number of hydrogen-bond acceptors (Lipinski definition) is 3. The third kappa shape index (κ3) is 2.50. The summed E-state index contributed by atoms with van der Waals surface area (Å²) in [6.07, 6.45) is 0.990. The minimum Gasteiger partial charge on any atom is -0.496 e. The Bertz CT molecular complexity index is 735. The van der Waals surface area contributed by atoms with E-state index in [0.29, 0.717) is 18.4 Å². The Labute approximate surface area is 127 Å². The van der Waals surface area contributed by atoms with Crippen molar-refractivity contribution < 1.29 is 19.4 Å². The smallest absolute Gasteiger partial charge is 0.306 e. The molecule has 0 saturated heterocycles. The van der Waals surface area contributed by atoms with Gasteiger partial charge < -0.3 is 15.2 Å². The number of methoxy groups -OCH3 is 1. The van der Waals surface area contributed by atoms with Crippen molar-refractivity contribution in [2.75, 3.05) is 7.11 Å². The molecular formula is C17H17NO4. The van der Waals surface area contributed by atoms with Crippen LogP contribution in [-0.2, 0) is 4.79 Å². The second-order valence-corrected chi connectivity index (χ2v) is 5.54. The number of carboxylic acids is 1. The number of amides is 1. The number of carbonyl (C=O) groups excluding carboxylic acids is 1. The van der Waals surface area contributed by atoms with Crippen LogP contribution < -0.4 is 10.1 Å². The Hall–Kier alpha value is -2.56. The number of nitrogens with one attached hydrogen (secondary N) is 1. The molecule has 0 unspecified atom stereocenters. The predicted octanol–water partition coefficient (Wildman–Crippen LogP) is 2.44. The summed E-state index contributed by atoms with van der Waals surface area (Å²) in [6, 6.07) is 11.0. The number of fused-ring (bicyclic) bond motifs is 1. The number of hydrogen-bond donors (Lipinski definition) is 2. The number of benzene rings is 2. The highest BCUT2D eigenvalue weighted by atomic mass is 16.5. The van der Waals surface area contributed by atoms with Gasteiger partial charge in [0.15, 0.2) is 0 Å². The summed E-state index contributed by atoms with van der Waals surface area (Å²) in [5, 5.41) is 13.5. The molecule has 5 heteroatoms. The molecule has 114 valence electrons. The van der Waals surface area contributed by atoms with E-state index >= 15 is 0 Å². The molecule has 1 saturated carbocycles. The molecule has 1 fully saturated rings. The lowest BCUT2D eigenvalue weighted by molar-refractivity contribution is -0.145. The number of carbonyl (C=O) groups is 2. The topological polar surface area (TPSA) is 75.6 Å². The molecule has 0 aromatic heterocycles. The molecule has 0 atom stereocenters. The van der Waals surface area contributed by atoms with Crippen LogP contribution >= 0.6 is 0 Å². The lowest BCUT2D eigenvalue weighted by atomic mass is 9.80. The highest BCUT2D eigenvalue weighted by molar-refractivity contribution is 6.08. The molecule has 1 amide bonds. The standard InChI is InChI=1S/C17H17NO4/c1-22-15-7-6-14(12-4-2-3-5-13(12)15)16(19)18-11-8-10(9-11)17(20)21/h2-7,10-11H,8-9H2,1H3,(H,18,19)(H,20,21). The quantitative estimate of drug-likeness (QED) is 0.909. The maximum atomic E-state index is 12.4. The van der Waals surface area contributed by atoms with Crippen molar-refractivity contribution in [3.63, 3.8) is 0 Å². The Morgan fingerprint density at radius 2 is 1.82 bits per heavy atom. The Balaban J connectivity index is 1.82. The predicted molar refractivity (Wildman–Crippen MR) is 82.1 cm³/mol. The van der Waals surface area contributed by atoms with Crippen molar-refractivity contribution >= 4 is 22.6 Å². The van der Waals surface area contributed by atoms with Crippen molar-refractivity contribution in [3.8, 4) is 5.75 Å². The van der Waals surface area contributed by atoms with Gasteiger partial charge in [0.1, 0.15) is 5.75 Å². The maximum absolute atomic E-state index is 12.4. The van der Waals surface area contributed by atoms with Gasteiger partial charge in [-0.05, 0) is 30.4 Å². The zero-order chi connectivity index (χ0) is 15.7. The van der Waals surface area contributed by atoms with Gasteiger partial charge in [0.25, 0.3) is 5.91 Å². The Morgan fingerprint density at radius 1 is 1.14 bits per heavy atom. The summed E-state index contributed by atoms with van der Waals surface area (Å²) >= 11 is 0. The van der Waals surface area contributed by atoms with Crippen molar-refractivity contribution in [2.24, 2.45) is 5.92 Å². The van der Waals surface area contributed by atoms with E-state index in [0.717, 1.165) is 16.5 Å². The first-order chi connectivity index (χ1) is 10.6. The lowest BCUT2D eigenvalue weighted by Gasteiger charge is -2.32. The highest BCUT2D eigenvalue weighted by Gasteiger charge is 2.35. The number of ether oxygens (including phenoxy) is 1. The van der Waals surface area contributed by atoms with Crippen LogP contribution in [0.4, 0.5) is 0 Å². The molecule has 5 nitrogen and oxygen atoms in total. The summed E-state index contributed by atoms with van der Waals surface area (Å²) < 4.78 is 5.32. The normalized spacial score (nSPS) is 20.2. The van der Waals surface area contributed by atoms with Gasteiger partial charge in [-0.1, -0.05) is 24.3 Å². The minimum absolute atomic E-state index is 0.0607. The second kappa shape index (κ2) is 5.67. The molecule has 0 aliphatic heterocycles. The zero-order valence-corrected chi connectivity index (χ0v) is 12.2. The van der Waals surface area contributed by atoms with Crippen LogP contribution in [0.15, 0.2) is 36.4 Å². The summed E-state index contributed by atoms with van der Waals surface area (Å²) in [4.78, 5) is 23.2. The van der Waals surface area contributed by atoms with Gasteiger partial charge >= 0.3 is 5.97 Å². The molecule has 2 N–H and O–H groups in total. The van der Waals surface area contributed by atoms with Gasteiger partial charge in [-0.25, -0.2) is 0 Å². The van der Waals surface area contributed by atoms with Gasteiger partial charge in [0, 0.05) is 17.0 Å². The van der Waals surface area contributed by atoms with Gasteiger partial charge in [-0.15, -0.1) is 0 Å². The van der Waals surface area contributed by atoms with Crippen molar-refractivity contribution in [1.29, 1.82) is 0 Å². The van der Waals surface area contributed by atoms with E-state index in [1.807, 2.05) is 24.3 Å². The fourth-order valence-corrected chi connectivity index (χ4v) is 2.85. The average molecular weight is 299 g/mol. The fraction of sp³-hybridized carbons (Fsp3) is 0.294. The molecule has 0 bridgehead atoms. The van der Waals surface area contributed by atoms with Crippen molar-refractivity contribution in [2.45, 2.75) is 18.9 Å². The monoisotopic (exact) mass is 299 g/mol. The first-order valence-electron chi connectivity index (χ1n) is 7.19. The molecule has 3 rings (SSSR count). The van der Waals surface area contributed by atoms with Crippen LogP contribution in [0, 0.1) is 5.92 Å². The Kier molecular flexibility index (Phi) is 3.71. The van der Waals surface area contributed by atoms with E-state index in [4.69, 9.17) is 9.84 Å². The number of carboxylic acid groups (broad SMARTS) is 1. The fourth-order valence-electron chi connectivity index (χ4n) is 2.85. The van der Waals surface area contributed by atoms with Crippen LogP contribution in [-0.4, -0.2) is 30.1 Å². The molecular weight excluding hydrogens is 282 g/mol. The van der Waals surface area contributed by atoms with Crippen LogP contribution in [0.5, 0.6) is 5.75 Å². The highest BCUT2D eigenvalue weighted by Crippen LogP contribution is 2.30. The van der Waals surface area contributed by atoms with Crippen molar-refractivity contribution in [3.05, 3.63) is 42.0 Å². The van der Waals surface area contributed by atoms with Crippen molar-refractivity contribution in [1.82, 2.24) is 5.32 Å². The molecule has 1 aliphatic carbocycles. The Morgan fingerprint density at radius 3 is 2.45 bits per heavy atom. The van der Waals surface area contributed by atoms with E-state index in [-0.39, 0.29) is 17.9 Å². The van der Waals surface area contributed by atoms with Gasteiger partial charge in [-0.3, -0.25) is 9.59 Å². The van der Waals surface area contributed by atoms with Gasteiger partial charge in [0.2, 0.25) is 0 Å².